The van der Waals surface area contributed by atoms with E-state index in [1.807, 2.05) is 9.80 Å². The van der Waals surface area contributed by atoms with Gasteiger partial charge in [0.25, 0.3) is 0 Å². The van der Waals surface area contributed by atoms with Gasteiger partial charge in [0.05, 0.1) is 10.5 Å². The number of rotatable bonds is 3. The zero-order chi connectivity index (χ0) is 18.7. The molecular weight excluding hydrogens is 340 g/mol. The van der Waals surface area contributed by atoms with E-state index in [1.165, 1.54) is 6.42 Å². The van der Waals surface area contributed by atoms with Crippen LogP contribution < -0.4 is 5.32 Å². The van der Waals surface area contributed by atoms with Crippen molar-refractivity contribution in [3.8, 4) is 0 Å². The molecule has 2 aliphatic heterocycles. The Bertz CT molecular complexity index is 615. The molecule has 0 aliphatic carbocycles. The number of sulfone groups is 1. The Hall–Kier alpha value is -1.31. The number of carbonyl (C=O) groups excluding carboxylic acids is 1. The van der Waals surface area contributed by atoms with Crippen LogP contribution in [0.5, 0.6) is 0 Å². The number of hydrogen-bond acceptors (Lipinski definition) is 4. The van der Waals surface area contributed by atoms with Gasteiger partial charge >= 0.3 is 0 Å². The topological polar surface area (TPSA) is 82.1 Å². The number of piperidine rings is 1. The van der Waals surface area contributed by atoms with Crippen molar-refractivity contribution >= 4 is 21.7 Å². The van der Waals surface area contributed by atoms with E-state index in [2.05, 4.69) is 17.2 Å². The number of carbonyl (C=O) groups is 1. The van der Waals surface area contributed by atoms with E-state index >= 15 is 0 Å². The molecule has 25 heavy (non-hydrogen) atoms. The Morgan fingerprint density at radius 3 is 2.60 bits per heavy atom. The van der Waals surface area contributed by atoms with Crippen LogP contribution in [0.15, 0.2) is 4.99 Å². The smallest absolute Gasteiger partial charge is 0.224 e. The SMILES string of the molecule is CN=C(NCCC(=O)N1CCCC(C)C1)N1CCS(=O)(=O)C(C)(C)C1. The van der Waals surface area contributed by atoms with Crippen LogP contribution in [-0.2, 0) is 14.6 Å². The highest BCUT2D eigenvalue weighted by Crippen LogP contribution is 2.23. The molecule has 2 fully saturated rings. The molecule has 0 bridgehead atoms. The zero-order valence-corrected chi connectivity index (χ0v) is 16.7. The summed E-state index contributed by atoms with van der Waals surface area (Å²) >= 11 is 0. The van der Waals surface area contributed by atoms with Crippen LogP contribution in [0.25, 0.3) is 0 Å². The van der Waals surface area contributed by atoms with Crippen molar-refractivity contribution in [3.05, 3.63) is 0 Å². The third kappa shape index (κ3) is 4.86. The van der Waals surface area contributed by atoms with Gasteiger partial charge in [0.2, 0.25) is 5.91 Å². The van der Waals surface area contributed by atoms with Crippen LogP contribution in [0, 0.1) is 5.92 Å². The largest absolute Gasteiger partial charge is 0.356 e. The molecule has 0 radical (unpaired) electrons. The van der Waals surface area contributed by atoms with Gasteiger partial charge in [0, 0.05) is 46.2 Å². The molecule has 2 rings (SSSR count). The van der Waals surface area contributed by atoms with Gasteiger partial charge in [-0.2, -0.15) is 0 Å². The molecule has 0 aromatic rings. The van der Waals surface area contributed by atoms with Crippen molar-refractivity contribution in [1.82, 2.24) is 15.1 Å². The van der Waals surface area contributed by atoms with Crippen LogP contribution >= 0.6 is 0 Å². The first-order valence-corrected chi connectivity index (χ1v) is 10.8. The molecule has 1 amide bonds. The zero-order valence-electron chi connectivity index (χ0n) is 15.9. The summed E-state index contributed by atoms with van der Waals surface area (Å²) < 4.78 is 23.5. The summed E-state index contributed by atoms with van der Waals surface area (Å²) in [6, 6.07) is 0. The lowest BCUT2D eigenvalue weighted by Gasteiger charge is -2.39. The van der Waals surface area contributed by atoms with E-state index in [0.717, 1.165) is 19.5 Å². The van der Waals surface area contributed by atoms with Crippen LogP contribution in [0.3, 0.4) is 0 Å². The highest BCUT2D eigenvalue weighted by molar-refractivity contribution is 7.92. The highest BCUT2D eigenvalue weighted by atomic mass is 32.2. The van der Waals surface area contributed by atoms with Crippen molar-refractivity contribution in [2.24, 2.45) is 10.9 Å². The van der Waals surface area contributed by atoms with E-state index in [0.29, 0.717) is 37.9 Å². The summed E-state index contributed by atoms with van der Waals surface area (Å²) in [5, 5.41) is 3.22. The molecule has 2 heterocycles. The van der Waals surface area contributed by atoms with Gasteiger partial charge in [-0.1, -0.05) is 6.92 Å². The Kier molecular flexibility index (Phi) is 6.35. The van der Waals surface area contributed by atoms with Gasteiger partial charge < -0.3 is 15.1 Å². The number of likely N-dealkylation sites (tertiary alicyclic amines) is 1. The predicted molar refractivity (Wildman–Crippen MR) is 100 cm³/mol. The molecule has 0 saturated carbocycles. The van der Waals surface area contributed by atoms with Crippen LogP contribution in [0.4, 0.5) is 0 Å². The third-order valence-corrected chi connectivity index (χ3v) is 7.72. The van der Waals surface area contributed by atoms with E-state index < -0.39 is 14.6 Å². The van der Waals surface area contributed by atoms with Gasteiger partial charge in [-0.3, -0.25) is 9.79 Å². The van der Waals surface area contributed by atoms with E-state index in [-0.39, 0.29) is 11.7 Å². The average molecular weight is 373 g/mol. The van der Waals surface area contributed by atoms with Crippen molar-refractivity contribution in [3.63, 3.8) is 0 Å². The minimum atomic E-state index is -3.07. The summed E-state index contributed by atoms with van der Waals surface area (Å²) in [6.07, 6.45) is 2.71. The Morgan fingerprint density at radius 2 is 2.00 bits per heavy atom. The fourth-order valence-corrected chi connectivity index (χ4v) is 4.88. The lowest BCUT2D eigenvalue weighted by Crippen LogP contribution is -2.57. The van der Waals surface area contributed by atoms with Crippen LogP contribution in [0.2, 0.25) is 0 Å². The summed E-state index contributed by atoms with van der Waals surface area (Å²) in [7, 11) is -1.39. The number of nitrogens with one attached hydrogen (secondary N) is 1. The van der Waals surface area contributed by atoms with Gasteiger partial charge in [-0.05, 0) is 32.6 Å². The fraction of sp³-hybridized carbons (Fsp3) is 0.882. The maximum Gasteiger partial charge on any atom is 0.224 e. The van der Waals surface area contributed by atoms with E-state index in [1.54, 1.807) is 20.9 Å². The molecule has 0 spiro atoms. The van der Waals surface area contributed by atoms with Gasteiger partial charge in [0.1, 0.15) is 0 Å². The lowest BCUT2D eigenvalue weighted by molar-refractivity contribution is -0.132. The fourth-order valence-electron chi connectivity index (χ4n) is 3.51. The average Bonchev–Trinajstić information content (AvgIpc) is 2.54. The van der Waals surface area contributed by atoms with Crippen molar-refractivity contribution in [2.75, 3.05) is 45.5 Å². The Balaban J connectivity index is 1.84. The molecule has 7 nitrogen and oxygen atoms in total. The minimum absolute atomic E-state index is 0.130. The van der Waals surface area contributed by atoms with E-state index in [9.17, 15) is 13.2 Å². The highest BCUT2D eigenvalue weighted by Gasteiger charge is 2.40. The summed E-state index contributed by atoms with van der Waals surface area (Å²) in [4.78, 5) is 20.5. The van der Waals surface area contributed by atoms with E-state index in [4.69, 9.17) is 0 Å². The predicted octanol–water partition coefficient (Wildman–Crippen LogP) is 0.719. The third-order valence-electron chi connectivity index (χ3n) is 5.19. The number of nitrogens with zero attached hydrogens (tertiary/aromatic N) is 3. The number of hydrogen-bond donors (Lipinski definition) is 1. The minimum Gasteiger partial charge on any atom is -0.356 e. The maximum atomic E-state index is 12.3. The van der Waals surface area contributed by atoms with Crippen LogP contribution in [0.1, 0.15) is 40.0 Å². The first kappa shape index (κ1) is 20.0. The standard InChI is InChI=1S/C17H32N4O3S/c1-14-6-5-9-20(12-14)15(22)7-8-19-16(18-4)21-10-11-25(23,24)17(2,3)13-21/h14H,5-13H2,1-4H3,(H,18,19). The molecular formula is C17H32N4O3S. The molecule has 0 aromatic heterocycles. The van der Waals surface area contributed by atoms with Crippen molar-refractivity contribution < 1.29 is 13.2 Å². The van der Waals surface area contributed by atoms with Crippen molar-refractivity contribution in [2.45, 2.75) is 44.8 Å². The van der Waals surface area contributed by atoms with Gasteiger partial charge in [-0.25, -0.2) is 8.42 Å². The first-order chi connectivity index (χ1) is 11.7. The maximum absolute atomic E-state index is 12.3. The quantitative estimate of drug-likeness (QED) is 0.583. The number of aliphatic imine (C=N–C) groups is 1. The normalized spacial score (nSPS) is 26.4. The van der Waals surface area contributed by atoms with Gasteiger partial charge in [0.15, 0.2) is 15.8 Å². The molecule has 1 N–H and O–H groups in total. The molecule has 1 atom stereocenters. The molecule has 8 heteroatoms. The number of amides is 1. The second-order valence-electron chi connectivity index (χ2n) is 7.81. The summed E-state index contributed by atoms with van der Waals surface area (Å²) in [5.74, 6) is 1.56. The molecule has 2 aliphatic rings. The van der Waals surface area contributed by atoms with Gasteiger partial charge in [-0.15, -0.1) is 0 Å². The Labute approximate surface area is 151 Å². The second kappa shape index (κ2) is 7.93. The summed E-state index contributed by atoms with van der Waals surface area (Å²) in [5.41, 5.74) is 0. The summed E-state index contributed by atoms with van der Waals surface area (Å²) in [6.45, 7) is 8.76. The molecule has 144 valence electrons. The van der Waals surface area contributed by atoms with Crippen molar-refractivity contribution in [1.29, 1.82) is 0 Å². The number of guanidine groups is 1. The first-order valence-electron chi connectivity index (χ1n) is 9.12. The monoisotopic (exact) mass is 372 g/mol. The molecule has 1 unspecified atom stereocenters. The molecule has 0 aromatic carbocycles. The lowest BCUT2D eigenvalue weighted by atomic mass is 10.00. The van der Waals surface area contributed by atoms with Crippen LogP contribution in [-0.4, -0.2) is 80.4 Å². The second-order valence-corrected chi connectivity index (χ2v) is 10.6. The molecule has 2 saturated heterocycles. The Morgan fingerprint density at radius 1 is 1.28 bits per heavy atom.